The van der Waals surface area contributed by atoms with Gasteiger partial charge in [0.15, 0.2) is 0 Å². The summed E-state index contributed by atoms with van der Waals surface area (Å²) in [4.78, 5) is 0. The third-order valence-corrected chi connectivity index (χ3v) is 7.28. The fourth-order valence-electron chi connectivity index (χ4n) is 6.08. The molecule has 0 heterocycles. The molecule has 6 rings (SSSR count). The maximum Gasteiger partial charge on any atom is 0.534 e. The van der Waals surface area contributed by atoms with Crippen molar-refractivity contribution >= 4 is 10.1 Å². The minimum atomic E-state index is -5.50. The topological polar surface area (TPSA) is 43.4 Å². The van der Waals surface area contributed by atoms with Crippen molar-refractivity contribution in [3.05, 3.63) is 11.8 Å². The molecule has 4 fully saturated rings. The van der Waals surface area contributed by atoms with Gasteiger partial charge in [0.1, 0.15) is 5.76 Å². The Bertz CT molecular complexity index is 621. The van der Waals surface area contributed by atoms with E-state index in [0.717, 1.165) is 12.3 Å². The van der Waals surface area contributed by atoms with Gasteiger partial charge < -0.3 is 4.18 Å². The first kappa shape index (κ1) is 11.0. The number of hydrogen-bond acceptors (Lipinski definition) is 3. The first-order valence-electron chi connectivity index (χ1n) is 6.54. The number of alkyl halides is 3. The average molecular weight is 292 g/mol. The molecule has 3 nitrogen and oxygen atoms in total. The lowest BCUT2D eigenvalue weighted by Crippen LogP contribution is -2.69. The van der Waals surface area contributed by atoms with Gasteiger partial charge in [-0.25, -0.2) is 0 Å². The van der Waals surface area contributed by atoms with E-state index in [2.05, 4.69) is 4.18 Å². The van der Waals surface area contributed by atoms with Crippen LogP contribution in [0.4, 0.5) is 13.2 Å². The van der Waals surface area contributed by atoms with Crippen LogP contribution in [0.15, 0.2) is 11.8 Å². The molecule has 104 valence electrons. The van der Waals surface area contributed by atoms with E-state index in [9.17, 15) is 21.6 Å². The van der Waals surface area contributed by atoms with E-state index in [4.69, 9.17) is 0 Å². The Morgan fingerprint density at radius 1 is 1.11 bits per heavy atom. The lowest BCUT2D eigenvalue weighted by Gasteiger charge is -2.72. The van der Waals surface area contributed by atoms with Crippen LogP contribution in [-0.4, -0.2) is 13.9 Å². The molecular weight excluding hydrogens is 281 g/mol. The number of halogens is 3. The van der Waals surface area contributed by atoms with Crippen LogP contribution in [0.25, 0.3) is 0 Å². The van der Waals surface area contributed by atoms with E-state index in [1.807, 2.05) is 0 Å². The molecule has 0 aliphatic heterocycles. The zero-order chi connectivity index (χ0) is 13.3. The second-order valence-electron chi connectivity index (χ2n) is 6.53. The highest BCUT2D eigenvalue weighted by molar-refractivity contribution is 7.87. The summed E-state index contributed by atoms with van der Waals surface area (Å²) in [5, 5.41) is 0. The van der Waals surface area contributed by atoms with Gasteiger partial charge in [-0.05, 0) is 53.9 Å². The van der Waals surface area contributed by atoms with Gasteiger partial charge in [0.2, 0.25) is 0 Å². The Labute approximate surface area is 107 Å². The van der Waals surface area contributed by atoms with Gasteiger partial charge in [-0.15, -0.1) is 0 Å². The molecule has 0 radical (unpaired) electrons. The standard InChI is InChI=1S/C12H11F3O3S/c13-12(14,15)19(16,17)18-6-2-5-7-3-1-4-9(7)11(5)10(4)8(3)6/h2-5,7-11H,1H2/t3-,4+,5-,7+,8+,9-,10-,11-/m1/s1. The summed E-state index contributed by atoms with van der Waals surface area (Å²) in [6.07, 6.45) is 2.73. The zero-order valence-corrected chi connectivity index (χ0v) is 10.5. The predicted octanol–water partition coefficient (Wildman–Crippen LogP) is 2.12. The summed E-state index contributed by atoms with van der Waals surface area (Å²) < 4.78 is 63.9. The predicted molar refractivity (Wildman–Crippen MR) is 56.7 cm³/mol. The van der Waals surface area contributed by atoms with E-state index in [-0.39, 0.29) is 17.6 Å². The van der Waals surface area contributed by atoms with Crippen LogP contribution in [0.5, 0.6) is 0 Å². The summed E-state index contributed by atoms with van der Waals surface area (Å²) >= 11 is 0. The van der Waals surface area contributed by atoms with Crippen molar-refractivity contribution in [3.63, 3.8) is 0 Å². The quantitative estimate of drug-likeness (QED) is 0.578. The molecule has 19 heavy (non-hydrogen) atoms. The molecule has 4 bridgehead atoms. The second kappa shape index (κ2) is 2.69. The first-order chi connectivity index (χ1) is 8.81. The molecule has 0 saturated heterocycles. The van der Waals surface area contributed by atoms with E-state index >= 15 is 0 Å². The van der Waals surface area contributed by atoms with E-state index in [1.165, 1.54) is 0 Å². The summed E-state index contributed by atoms with van der Waals surface area (Å²) in [5.41, 5.74) is -5.33. The number of rotatable bonds is 2. The van der Waals surface area contributed by atoms with Gasteiger partial charge in [-0.3, -0.25) is 0 Å². The minimum Gasteiger partial charge on any atom is -0.381 e. The smallest absolute Gasteiger partial charge is 0.381 e. The molecular formula is C12H11F3O3S. The van der Waals surface area contributed by atoms with Crippen molar-refractivity contribution in [3.8, 4) is 0 Å². The largest absolute Gasteiger partial charge is 0.534 e. The molecule has 0 N–H and O–H groups in total. The highest BCUT2D eigenvalue weighted by atomic mass is 32.2. The molecule has 0 unspecified atom stereocenters. The molecule has 6 aliphatic rings. The SMILES string of the molecule is O=S(=O)(OC1=C[C@H]2[C@@H]3[C@@H]4[C@@H]5C[C@@H]([C@@H]1[C@@H]53)[C@@H]24)C(F)(F)F. The van der Waals surface area contributed by atoms with Crippen molar-refractivity contribution in [2.75, 3.05) is 0 Å². The highest BCUT2D eigenvalue weighted by Crippen LogP contribution is 2.85. The monoisotopic (exact) mass is 292 g/mol. The molecule has 6 aliphatic carbocycles. The molecule has 4 saturated carbocycles. The van der Waals surface area contributed by atoms with Gasteiger partial charge in [-0.1, -0.05) is 0 Å². The Kier molecular flexibility index (Phi) is 1.56. The second-order valence-corrected chi connectivity index (χ2v) is 8.07. The fraction of sp³-hybridized carbons (Fsp3) is 0.833. The van der Waals surface area contributed by atoms with Crippen LogP contribution in [-0.2, 0) is 14.3 Å². The molecule has 0 spiro atoms. The van der Waals surface area contributed by atoms with E-state index in [1.54, 1.807) is 6.08 Å². The molecule has 0 aromatic rings. The fourth-order valence-corrected chi connectivity index (χ4v) is 6.59. The summed E-state index contributed by atoms with van der Waals surface area (Å²) in [6, 6.07) is 0. The van der Waals surface area contributed by atoms with Crippen molar-refractivity contribution < 1.29 is 25.8 Å². The van der Waals surface area contributed by atoms with E-state index in [0.29, 0.717) is 29.6 Å². The average Bonchev–Trinajstić information content (AvgIpc) is 2.68. The van der Waals surface area contributed by atoms with Crippen LogP contribution in [0.2, 0.25) is 0 Å². The maximum atomic E-state index is 12.4. The number of allylic oxidation sites excluding steroid dienone is 2. The Morgan fingerprint density at radius 2 is 1.84 bits per heavy atom. The first-order valence-corrected chi connectivity index (χ1v) is 7.94. The van der Waals surface area contributed by atoms with Crippen molar-refractivity contribution in [1.29, 1.82) is 0 Å². The molecule has 0 aromatic carbocycles. The van der Waals surface area contributed by atoms with Gasteiger partial charge in [-0.2, -0.15) is 21.6 Å². The van der Waals surface area contributed by atoms with Crippen molar-refractivity contribution in [1.82, 2.24) is 0 Å². The van der Waals surface area contributed by atoms with Crippen LogP contribution in [0.1, 0.15) is 6.42 Å². The van der Waals surface area contributed by atoms with Gasteiger partial charge in [0.25, 0.3) is 0 Å². The molecule has 0 aromatic heterocycles. The van der Waals surface area contributed by atoms with Crippen LogP contribution < -0.4 is 0 Å². The Hall–Kier alpha value is -0.720. The third kappa shape index (κ3) is 0.947. The molecule has 0 amide bonds. The summed E-state index contributed by atoms with van der Waals surface area (Å²) in [7, 11) is -5.50. The van der Waals surface area contributed by atoms with Crippen LogP contribution in [0, 0.1) is 47.3 Å². The van der Waals surface area contributed by atoms with Gasteiger partial charge in [0, 0.05) is 5.92 Å². The Morgan fingerprint density at radius 3 is 2.47 bits per heavy atom. The minimum absolute atomic E-state index is 0.0628. The van der Waals surface area contributed by atoms with Gasteiger partial charge in [0.05, 0.1) is 0 Å². The maximum absolute atomic E-state index is 12.4. The molecule has 8 atom stereocenters. The number of hydrogen-bond donors (Lipinski definition) is 0. The summed E-state index contributed by atoms with van der Waals surface area (Å²) in [6.45, 7) is 0. The lowest BCUT2D eigenvalue weighted by atomic mass is 9.32. The zero-order valence-electron chi connectivity index (χ0n) is 9.67. The normalized spacial score (nSPS) is 55.6. The van der Waals surface area contributed by atoms with Crippen molar-refractivity contribution in [2.45, 2.75) is 11.9 Å². The van der Waals surface area contributed by atoms with E-state index < -0.39 is 15.6 Å². The van der Waals surface area contributed by atoms with Gasteiger partial charge >= 0.3 is 15.6 Å². The lowest BCUT2D eigenvalue weighted by molar-refractivity contribution is -0.231. The summed E-state index contributed by atoms with van der Waals surface area (Å²) in [5.74, 6) is 3.70. The Balaban J connectivity index is 1.52. The van der Waals surface area contributed by atoms with Crippen molar-refractivity contribution in [2.24, 2.45) is 47.3 Å². The van der Waals surface area contributed by atoms with Crippen LogP contribution >= 0.6 is 0 Å². The molecule has 7 heteroatoms. The van der Waals surface area contributed by atoms with Crippen LogP contribution in [0.3, 0.4) is 0 Å². The highest BCUT2D eigenvalue weighted by Gasteiger charge is 2.81. The third-order valence-electron chi connectivity index (χ3n) is 6.30.